The molecule has 0 bridgehead atoms. The second kappa shape index (κ2) is 2.87. The number of alkyl halides is 3. The third-order valence-corrected chi connectivity index (χ3v) is 1.81. The van der Waals surface area contributed by atoms with Gasteiger partial charge in [-0.1, -0.05) is 34.8 Å². The van der Waals surface area contributed by atoms with E-state index in [4.69, 9.17) is 34.8 Å². The maximum atomic E-state index is 11.0. The van der Waals surface area contributed by atoms with Crippen LogP contribution in [0.5, 0.6) is 5.88 Å². The lowest BCUT2D eigenvalue weighted by atomic mass is 10.5. The van der Waals surface area contributed by atoms with Crippen molar-refractivity contribution >= 4 is 34.8 Å². The second-order valence-corrected chi connectivity index (χ2v) is 4.40. The van der Waals surface area contributed by atoms with E-state index in [1.54, 1.807) is 0 Å². The fraction of sp³-hybridized carbons (Fsp3) is 0.400. The molecule has 0 unspecified atom stereocenters. The van der Waals surface area contributed by atoms with E-state index in [9.17, 15) is 9.90 Å². The number of imidazole rings is 1. The summed E-state index contributed by atoms with van der Waals surface area (Å²) in [6.07, 6.45) is 0. The summed E-state index contributed by atoms with van der Waals surface area (Å²) in [5.74, 6) is -0.375. The fourth-order valence-corrected chi connectivity index (χ4v) is 1.24. The number of halogens is 3. The van der Waals surface area contributed by atoms with Crippen molar-refractivity contribution in [2.75, 3.05) is 0 Å². The summed E-state index contributed by atoms with van der Waals surface area (Å²) >= 11 is 16.2. The molecule has 0 fully saturated rings. The van der Waals surface area contributed by atoms with E-state index >= 15 is 0 Å². The standard InChI is InChI=1S/C5H5Cl3N2O2/c1-2-3(11)10(4(12)9-2)5(6,7)8/h11H,1H3,(H,9,12). The van der Waals surface area contributed by atoms with Crippen LogP contribution >= 0.6 is 34.8 Å². The van der Waals surface area contributed by atoms with Crippen LogP contribution < -0.4 is 5.69 Å². The lowest BCUT2D eigenvalue weighted by molar-refractivity contribution is 0.415. The van der Waals surface area contributed by atoms with Crippen LogP contribution in [0.3, 0.4) is 0 Å². The highest BCUT2D eigenvalue weighted by atomic mass is 35.6. The summed E-state index contributed by atoms with van der Waals surface area (Å²) in [6.45, 7) is 1.49. The van der Waals surface area contributed by atoms with Gasteiger partial charge in [0.15, 0.2) is 0 Å². The van der Waals surface area contributed by atoms with E-state index in [0.29, 0.717) is 4.57 Å². The number of aromatic nitrogens is 2. The van der Waals surface area contributed by atoms with Gasteiger partial charge < -0.3 is 10.1 Å². The molecular weight excluding hydrogens is 226 g/mol. The normalized spacial score (nSPS) is 12.0. The molecule has 1 aromatic rings. The Hall–Kier alpha value is -0.320. The second-order valence-electron chi connectivity index (χ2n) is 2.18. The van der Waals surface area contributed by atoms with E-state index < -0.39 is 9.61 Å². The molecule has 0 spiro atoms. The van der Waals surface area contributed by atoms with Gasteiger partial charge >= 0.3 is 5.69 Å². The summed E-state index contributed by atoms with van der Waals surface area (Å²) in [5, 5.41) is 9.23. The number of rotatable bonds is 0. The van der Waals surface area contributed by atoms with Gasteiger partial charge in [0.25, 0.3) is 3.92 Å². The van der Waals surface area contributed by atoms with Crippen LogP contribution in [0.15, 0.2) is 4.79 Å². The van der Waals surface area contributed by atoms with Crippen molar-refractivity contribution < 1.29 is 5.11 Å². The highest BCUT2D eigenvalue weighted by Crippen LogP contribution is 2.34. The first kappa shape index (κ1) is 9.77. The van der Waals surface area contributed by atoms with Crippen molar-refractivity contribution in [3.05, 3.63) is 16.2 Å². The van der Waals surface area contributed by atoms with E-state index in [-0.39, 0.29) is 11.6 Å². The van der Waals surface area contributed by atoms with Gasteiger partial charge in [0.2, 0.25) is 5.88 Å². The first-order chi connectivity index (χ1) is 5.34. The van der Waals surface area contributed by atoms with Crippen LogP contribution in [0.4, 0.5) is 0 Å². The average Bonchev–Trinajstić information content (AvgIpc) is 2.05. The molecule has 1 aromatic heterocycles. The molecule has 0 radical (unpaired) electrons. The summed E-state index contributed by atoms with van der Waals surface area (Å²) in [7, 11) is 0. The zero-order chi connectivity index (χ0) is 9.52. The molecule has 0 aliphatic carbocycles. The Balaban J connectivity index is 3.43. The predicted molar refractivity (Wildman–Crippen MR) is 47.0 cm³/mol. The monoisotopic (exact) mass is 230 g/mol. The van der Waals surface area contributed by atoms with Crippen LogP contribution in [0.25, 0.3) is 0 Å². The topological polar surface area (TPSA) is 58.0 Å². The number of nitrogens with one attached hydrogen (secondary N) is 1. The molecule has 0 aliphatic rings. The molecule has 0 aliphatic heterocycles. The molecule has 7 heteroatoms. The van der Waals surface area contributed by atoms with Crippen LogP contribution in [-0.2, 0) is 3.92 Å². The number of nitrogens with zero attached hydrogens (tertiary/aromatic N) is 1. The Bertz CT molecular complexity index is 349. The quantitative estimate of drug-likeness (QED) is 0.665. The Morgan fingerprint density at radius 1 is 1.50 bits per heavy atom. The molecule has 0 atom stereocenters. The fourth-order valence-electron chi connectivity index (χ4n) is 0.771. The van der Waals surface area contributed by atoms with Crippen molar-refractivity contribution in [2.24, 2.45) is 0 Å². The minimum absolute atomic E-state index is 0.256. The number of H-pyrrole nitrogens is 1. The summed E-state index contributed by atoms with van der Waals surface area (Å²) in [4.78, 5) is 13.3. The smallest absolute Gasteiger partial charge is 0.332 e. The average molecular weight is 231 g/mol. The van der Waals surface area contributed by atoms with Crippen LogP contribution in [0.1, 0.15) is 5.69 Å². The molecule has 0 amide bonds. The Morgan fingerprint density at radius 2 is 2.00 bits per heavy atom. The van der Waals surface area contributed by atoms with E-state index in [0.717, 1.165) is 0 Å². The third-order valence-electron chi connectivity index (χ3n) is 1.30. The molecule has 68 valence electrons. The van der Waals surface area contributed by atoms with Crippen molar-refractivity contribution in [2.45, 2.75) is 10.8 Å². The molecule has 1 rings (SSSR count). The number of aromatic hydroxyl groups is 1. The van der Waals surface area contributed by atoms with Crippen LogP contribution in [0.2, 0.25) is 0 Å². The van der Waals surface area contributed by atoms with Crippen LogP contribution in [-0.4, -0.2) is 14.7 Å². The number of hydrogen-bond donors (Lipinski definition) is 2. The molecular formula is C5H5Cl3N2O2. The Morgan fingerprint density at radius 3 is 2.17 bits per heavy atom. The Labute approximate surface area is 82.7 Å². The number of aromatic amines is 1. The minimum atomic E-state index is -1.97. The van der Waals surface area contributed by atoms with E-state index in [1.807, 2.05) is 0 Å². The van der Waals surface area contributed by atoms with Crippen molar-refractivity contribution in [1.29, 1.82) is 0 Å². The van der Waals surface area contributed by atoms with Gasteiger partial charge in [0.1, 0.15) is 0 Å². The molecule has 1 heterocycles. The van der Waals surface area contributed by atoms with Gasteiger partial charge in [0.05, 0.1) is 5.69 Å². The maximum Gasteiger partial charge on any atom is 0.332 e. The third kappa shape index (κ3) is 1.55. The summed E-state index contributed by atoms with van der Waals surface area (Å²) in [5.41, 5.74) is -0.406. The number of hydrogen-bond acceptors (Lipinski definition) is 2. The highest BCUT2D eigenvalue weighted by molar-refractivity contribution is 6.64. The molecule has 12 heavy (non-hydrogen) atoms. The molecule has 0 saturated heterocycles. The maximum absolute atomic E-state index is 11.0. The summed E-state index contributed by atoms with van der Waals surface area (Å²) < 4.78 is -1.33. The van der Waals surface area contributed by atoms with Gasteiger partial charge in [-0.2, -0.15) is 0 Å². The lowest BCUT2D eigenvalue weighted by Gasteiger charge is -2.11. The number of aryl methyl sites for hydroxylation is 1. The first-order valence-corrected chi connectivity index (χ1v) is 4.05. The van der Waals surface area contributed by atoms with Crippen LogP contribution in [0, 0.1) is 6.92 Å². The van der Waals surface area contributed by atoms with Gasteiger partial charge in [-0.25, -0.2) is 9.36 Å². The minimum Gasteiger partial charge on any atom is -0.493 e. The molecule has 2 N–H and O–H groups in total. The first-order valence-electron chi connectivity index (χ1n) is 2.92. The van der Waals surface area contributed by atoms with Gasteiger partial charge in [0, 0.05) is 0 Å². The van der Waals surface area contributed by atoms with E-state index in [1.165, 1.54) is 6.92 Å². The van der Waals surface area contributed by atoms with Gasteiger partial charge in [-0.05, 0) is 6.92 Å². The summed E-state index contributed by atoms with van der Waals surface area (Å²) in [6, 6.07) is 0. The largest absolute Gasteiger partial charge is 0.493 e. The molecule has 0 saturated carbocycles. The Kier molecular flexibility index (Phi) is 2.33. The van der Waals surface area contributed by atoms with Gasteiger partial charge in [-0.15, -0.1) is 0 Å². The zero-order valence-corrected chi connectivity index (χ0v) is 8.20. The van der Waals surface area contributed by atoms with Crippen molar-refractivity contribution in [3.63, 3.8) is 0 Å². The SMILES string of the molecule is Cc1[nH]c(=O)n(C(Cl)(Cl)Cl)c1O. The highest BCUT2D eigenvalue weighted by Gasteiger charge is 2.29. The predicted octanol–water partition coefficient (Wildman–Crippen LogP) is 1.47. The van der Waals surface area contributed by atoms with Crippen molar-refractivity contribution in [3.8, 4) is 5.88 Å². The lowest BCUT2D eigenvalue weighted by Crippen LogP contribution is -2.25. The van der Waals surface area contributed by atoms with Gasteiger partial charge in [-0.3, -0.25) is 0 Å². The van der Waals surface area contributed by atoms with E-state index in [2.05, 4.69) is 4.98 Å². The zero-order valence-electron chi connectivity index (χ0n) is 5.94. The van der Waals surface area contributed by atoms with Crippen molar-refractivity contribution in [1.82, 2.24) is 9.55 Å². The molecule has 0 aromatic carbocycles. The molecule has 4 nitrogen and oxygen atoms in total.